The minimum absolute atomic E-state index is 0.267. The Hall–Kier alpha value is -0.560. The highest BCUT2D eigenvalue weighted by molar-refractivity contribution is 7.91. The summed E-state index contributed by atoms with van der Waals surface area (Å²) in [4.78, 5) is 0. The predicted octanol–water partition coefficient (Wildman–Crippen LogP) is 1.75. The van der Waals surface area contributed by atoms with Crippen molar-refractivity contribution in [1.82, 2.24) is 0 Å². The number of sulfone groups is 1. The summed E-state index contributed by atoms with van der Waals surface area (Å²) in [5.41, 5.74) is 0. The van der Waals surface area contributed by atoms with Crippen molar-refractivity contribution in [2.24, 2.45) is 0 Å². The molecule has 0 unspecified atom stereocenters. The second kappa shape index (κ2) is 8.54. The summed E-state index contributed by atoms with van der Waals surface area (Å²) in [6.07, 6.45) is 1.68. The van der Waals surface area contributed by atoms with Crippen LogP contribution in [0.4, 0.5) is 0 Å². The van der Waals surface area contributed by atoms with E-state index in [1.807, 2.05) is 13.0 Å². The third-order valence-corrected chi connectivity index (χ3v) is 3.00. The van der Waals surface area contributed by atoms with Gasteiger partial charge >= 0.3 is 0 Å². The summed E-state index contributed by atoms with van der Waals surface area (Å²) in [5, 5.41) is 7.82. The van der Waals surface area contributed by atoms with Crippen molar-refractivity contribution in [3.05, 3.63) is 0 Å². The van der Waals surface area contributed by atoms with Gasteiger partial charge in [-0.25, -0.2) is 8.42 Å². The molecule has 0 radical (unpaired) electrons. The minimum atomic E-state index is -2.66. The van der Waals surface area contributed by atoms with Crippen LogP contribution in [-0.2, 0) is 9.84 Å². The minimum Gasteiger partial charge on any atom is -0.229 e. The molecular weight excluding hydrogens is 174 g/mol. The normalized spacial score (nSPS) is 9.50. The van der Waals surface area contributed by atoms with Gasteiger partial charge in [-0.1, -0.05) is 20.8 Å². The molecule has 0 aromatic heterocycles. The molecule has 3 nitrogen and oxygen atoms in total. The molecule has 0 aliphatic carbocycles. The fourth-order valence-electron chi connectivity index (χ4n) is 0.316. The Bertz CT molecular complexity index is 204. The number of rotatable bonds is 3. The van der Waals surface area contributed by atoms with E-state index < -0.39 is 9.84 Å². The first-order chi connectivity index (χ1) is 5.54. The monoisotopic (exact) mass is 191 g/mol. The maximum Gasteiger partial charge on any atom is 0.149 e. The highest BCUT2D eigenvalue weighted by Crippen LogP contribution is 1.84. The predicted molar refractivity (Wildman–Crippen MR) is 50.5 cm³/mol. The van der Waals surface area contributed by atoms with E-state index in [-0.39, 0.29) is 11.5 Å². The third-order valence-electron chi connectivity index (χ3n) is 1.24. The topological polar surface area (TPSA) is 57.9 Å². The van der Waals surface area contributed by atoms with Crippen LogP contribution in [0.15, 0.2) is 0 Å². The van der Waals surface area contributed by atoms with E-state index in [1.54, 1.807) is 13.8 Å². The van der Waals surface area contributed by atoms with Crippen molar-refractivity contribution in [3.63, 3.8) is 0 Å². The molecule has 0 aromatic rings. The van der Waals surface area contributed by atoms with Gasteiger partial charge in [0.1, 0.15) is 9.84 Å². The maximum atomic E-state index is 10.4. The Balaban J connectivity index is 0. The molecule has 12 heavy (non-hydrogen) atoms. The fourth-order valence-corrected chi connectivity index (χ4v) is 0.724. The van der Waals surface area contributed by atoms with Crippen molar-refractivity contribution >= 4 is 9.84 Å². The Morgan fingerprint density at radius 2 is 1.58 bits per heavy atom. The van der Waals surface area contributed by atoms with Gasteiger partial charge in [-0.05, 0) is 6.42 Å². The van der Waals surface area contributed by atoms with Crippen molar-refractivity contribution < 1.29 is 8.42 Å². The van der Waals surface area contributed by atoms with E-state index in [9.17, 15) is 8.42 Å². The standard InChI is InChI=1S/C4H7N.C4H10O2S/c1-2-3-4-5;1-3-7(5,6)4-2/h2-3H2,1H3;3-4H2,1-2H3. The Kier molecular flexibility index (Phi) is 9.95. The molecule has 0 aromatic carbocycles. The molecule has 4 heteroatoms. The Labute approximate surface area is 75.3 Å². The van der Waals surface area contributed by atoms with E-state index in [0.717, 1.165) is 6.42 Å². The number of nitriles is 1. The molecule has 0 spiro atoms. The van der Waals surface area contributed by atoms with Gasteiger partial charge in [0.25, 0.3) is 0 Å². The molecule has 0 saturated carbocycles. The van der Waals surface area contributed by atoms with Gasteiger partial charge in [-0.2, -0.15) is 5.26 Å². The van der Waals surface area contributed by atoms with Crippen LogP contribution >= 0.6 is 0 Å². The van der Waals surface area contributed by atoms with E-state index in [4.69, 9.17) is 5.26 Å². The van der Waals surface area contributed by atoms with Crippen LogP contribution in [-0.4, -0.2) is 19.9 Å². The van der Waals surface area contributed by atoms with Crippen LogP contribution in [0.5, 0.6) is 0 Å². The number of unbranched alkanes of at least 4 members (excludes halogenated alkanes) is 1. The highest BCUT2D eigenvalue weighted by atomic mass is 32.2. The van der Waals surface area contributed by atoms with E-state index in [0.29, 0.717) is 6.42 Å². The van der Waals surface area contributed by atoms with E-state index in [2.05, 4.69) is 0 Å². The Morgan fingerprint density at radius 1 is 1.17 bits per heavy atom. The first-order valence-corrected chi connectivity index (χ1v) is 5.93. The van der Waals surface area contributed by atoms with Crippen LogP contribution in [0.25, 0.3) is 0 Å². The molecule has 0 bridgehead atoms. The lowest BCUT2D eigenvalue weighted by molar-refractivity contribution is 0.598. The van der Waals surface area contributed by atoms with Gasteiger partial charge in [-0.3, -0.25) is 0 Å². The first kappa shape index (κ1) is 14.0. The van der Waals surface area contributed by atoms with Gasteiger partial charge in [0.2, 0.25) is 0 Å². The van der Waals surface area contributed by atoms with Crippen LogP contribution < -0.4 is 0 Å². The summed E-state index contributed by atoms with van der Waals surface area (Å²) in [6, 6.07) is 2.02. The molecule has 0 amide bonds. The van der Waals surface area contributed by atoms with Gasteiger partial charge in [0.15, 0.2) is 0 Å². The second-order valence-corrected chi connectivity index (χ2v) is 4.87. The Morgan fingerprint density at radius 3 is 1.58 bits per heavy atom. The van der Waals surface area contributed by atoms with E-state index in [1.165, 1.54) is 0 Å². The molecule has 0 fully saturated rings. The molecule has 0 heterocycles. The zero-order chi connectivity index (χ0) is 10.0. The van der Waals surface area contributed by atoms with Crippen molar-refractivity contribution in [2.75, 3.05) is 11.5 Å². The summed E-state index contributed by atoms with van der Waals surface area (Å²) < 4.78 is 20.7. The van der Waals surface area contributed by atoms with Gasteiger partial charge in [0.05, 0.1) is 6.07 Å². The number of nitrogens with zero attached hydrogens (tertiary/aromatic N) is 1. The summed E-state index contributed by atoms with van der Waals surface area (Å²) in [6.45, 7) is 5.29. The van der Waals surface area contributed by atoms with Gasteiger partial charge < -0.3 is 0 Å². The second-order valence-electron chi connectivity index (χ2n) is 2.23. The smallest absolute Gasteiger partial charge is 0.149 e. The van der Waals surface area contributed by atoms with Crippen LogP contribution in [0.1, 0.15) is 33.6 Å². The molecule has 0 saturated heterocycles. The molecule has 0 rings (SSSR count). The molecule has 0 aliphatic rings. The summed E-state index contributed by atoms with van der Waals surface area (Å²) in [7, 11) is -2.66. The molecule has 0 atom stereocenters. The van der Waals surface area contributed by atoms with Gasteiger partial charge in [-0.15, -0.1) is 0 Å². The largest absolute Gasteiger partial charge is 0.229 e. The molecule has 0 aliphatic heterocycles. The van der Waals surface area contributed by atoms with Crippen molar-refractivity contribution in [1.29, 1.82) is 5.26 Å². The maximum absolute atomic E-state index is 10.4. The molecule has 72 valence electrons. The lowest BCUT2D eigenvalue weighted by Crippen LogP contribution is -2.04. The summed E-state index contributed by atoms with van der Waals surface area (Å²) in [5.74, 6) is 0.535. The van der Waals surface area contributed by atoms with Crippen molar-refractivity contribution in [2.45, 2.75) is 33.6 Å². The third kappa shape index (κ3) is 12.1. The average Bonchev–Trinajstić information content (AvgIpc) is 2.07. The average molecular weight is 191 g/mol. The van der Waals surface area contributed by atoms with Crippen LogP contribution in [0.2, 0.25) is 0 Å². The lowest BCUT2D eigenvalue weighted by Gasteiger charge is -1.89. The SMILES string of the molecule is CCCC#N.CCS(=O)(=O)CC. The quantitative estimate of drug-likeness (QED) is 0.683. The highest BCUT2D eigenvalue weighted by Gasteiger charge is 1.99. The van der Waals surface area contributed by atoms with E-state index >= 15 is 0 Å². The number of hydrogen-bond donors (Lipinski definition) is 0. The zero-order valence-electron chi connectivity index (χ0n) is 8.00. The zero-order valence-corrected chi connectivity index (χ0v) is 8.82. The van der Waals surface area contributed by atoms with Crippen molar-refractivity contribution in [3.8, 4) is 6.07 Å². The molecular formula is C8H17NO2S. The van der Waals surface area contributed by atoms with Crippen LogP contribution in [0.3, 0.4) is 0 Å². The fraction of sp³-hybridized carbons (Fsp3) is 0.875. The number of hydrogen-bond acceptors (Lipinski definition) is 3. The van der Waals surface area contributed by atoms with Crippen LogP contribution in [0, 0.1) is 11.3 Å². The van der Waals surface area contributed by atoms with Gasteiger partial charge in [0, 0.05) is 17.9 Å². The summed E-state index contributed by atoms with van der Waals surface area (Å²) >= 11 is 0. The first-order valence-electron chi connectivity index (χ1n) is 4.11. The molecule has 0 N–H and O–H groups in total. The lowest BCUT2D eigenvalue weighted by atomic mass is 10.4.